The maximum absolute atomic E-state index is 14.3. The number of nitrogens with two attached hydrogens (primary N) is 1. The van der Waals surface area contributed by atoms with E-state index < -0.39 is 26.1 Å². The van der Waals surface area contributed by atoms with Crippen molar-refractivity contribution in [2.45, 2.75) is 31.7 Å². The third-order valence-electron chi connectivity index (χ3n) is 8.11. The van der Waals surface area contributed by atoms with Crippen LogP contribution in [0.5, 0.6) is 5.75 Å². The number of nitrogens with zero attached hydrogens (tertiary/aromatic N) is 5. The molecule has 50 heavy (non-hydrogen) atoms. The Bertz CT molecular complexity index is 1900. The van der Waals surface area contributed by atoms with Crippen molar-refractivity contribution in [1.82, 2.24) is 30.1 Å². The average molecular weight is 736 g/mol. The van der Waals surface area contributed by atoms with Crippen molar-refractivity contribution in [3.05, 3.63) is 102 Å². The van der Waals surface area contributed by atoms with Crippen LogP contribution in [0.25, 0.3) is 10.2 Å². The number of amides is 4. The molecule has 0 bridgehead atoms. The molecule has 3 aromatic carbocycles. The summed E-state index contributed by atoms with van der Waals surface area (Å²) in [6.07, 6.45) is 0.765. The van der Waals surface area contributed by atoms with Crippen LogP contribution in [-0.4, -0.2) is 74.5 Å². The number of para-hydroxylation sites is 1. The monoisotopic (exact) mass is 735 g/mol. The van der Waals surface area contributed by atoms with Gasteiger partial charge in [-0.15, -0.1) is 6.58 Å². The third kappa shape index (κ3) is 9.16. The zero-order valence-corrected chi connectivity index (χ0v) is 33.3. The van der Waals surface area contributed by atoms with Crippen LogP contribution >= 0.6 is 19.2 Å². The fourth-order valence-electron chi connectivity index (χ4n) is 6.09. The number of carbonyl (C=O) groups is 3. The number of aromatic nitrogens is 1. The largest absolute Gasteiger partial charge is 1.00 e. The van der Waals surface area contributed by atoms with Gasteiger partial charge < -0.3 is 39.7 Å². The van der Waals surface area contributed by atoms with E-state index in [1.54, 1.807) is 16.0 Å². The molecule has 1 aromatic heterocycles. The number of benzene rings is 3. The number of rotatable bonds is 10. The maximum Gasteiger partial charge on any atom is 1.00 e. The molecule has 4 amide bonds. The number of thiazole rings is 1. The number of nitrogens with one attached hydrogen (secondary N) is 1. The molecule has 3 N–H and O–H groups in total. The molecular formula is C32H32N7Na2O7PS. The second kappa shape index (κ2) is 17.2. The van der Waals surface area contributed by atoms with Gasteiger partial charge in [0.05, 0.1) is 23.3 Å². The van der Waals surface area contributed by atoms with Crippen molar-refractivity contribution in [3.63, 3.8) is 0 Å². The van der Waals surface area contributed by atoms with E-state index >= 15 is 0 Å². The van der Waals surface area contributed by atoms with Crippen molar-refractivity contribution in [3.8, 4) is 5.75 Å². The van der Waals surface area contributed by atoms with Gasteiger partial charge in [0.2, 0.25) is 11.8 Å². The number of urea groups is 1. The molecule has 250 valence electrons. The Kier molecular flexibility index (Phi) is 13.7. The number of phosphoric ester groups is 1. The molecule has 2 aliphatic rings. The molecule has 0 aliphatic carbocycles. The topological polar surface area (TPSA) is 188 Å². The number of nitrogen functional groups attached to an aromatic ring is 1. The summed E-state index contributed by atoms with van der Waals surface area (Å²) in [4.78, 5) is 71.8. The van der Waals surface area contributed by atoms with E-state index in [9.17, 15) is 28.7 Å². The fourth-order valence-corrected chi connectivity index (χ4v) is 7.26. The van der Waals surface area contributed by atoms with E-state index in [0.29, 0.717) is 16.2 Å². The summed E-state index contributed by atoms with van der Waals surface area (Å²) in [6.45, 7) is 4.25. The van der Waals surface area contributed by atoms with Crippen molar-refractivity contribution in [2.24, 2.45) is 0 Å². The normalized spacial score (nSPS) is 17.8. The zero-order chi connectivity index (χ0) is 34.0. The molecule has 14 nitrogen and oxygen atoms in total. The maximum atomic E-state index is 14.3. The molecule has 2 atom stereocenters. The zero-order valence-electron chi connectivity index (χ0n) is 27.6. The molecular weight excluding hydrogens is 703 g/mol. The predicted molar refractivity (Wildman–Crippen MR) is 175 cm³/mol. The summed E-state index contributed by atoms with van der Waals surface area (Å²) in [5.41, 5.74) is 8.88. The van der Waals surface area contributed by atoms with Gasteiger partial charge in [0.1, 0.15) is 25.8 Å². The van der Waals surface area contributed by atoms with Crippen molar-refractivity contribution >= 4 is 52.4 Å². The number of hydrogen-bond acceptors (Lipinski definition) is 11. The summed E-state index contributed by atoms with van der Waals surface area (Å²) in [7, 11) is -5.27. The molecule has 2 fully saturated rings. The van der Waals surface area contributed by atoms with Gasteiger partial charge in [-0.3, -0.25) is 9.59 Å². The Morgan fingerprint density at radius 3 is 2.46 bits per heavy atom. The van der Waals surface area contributed by atoms with Crippen LogP contribution in [0.2, 0.25) is 0 Å². The van der Waals surface area contributed by atoms with Gasteiger partial charge in [-0.1, -0.05) is 72.0 Å². The SMILES string of the molecule is C=CCN1CC(=O)N2C(Cc3ccc(OP(=O)([O-])[O-])cc3)C(=O)N(Cc3cccc4sc(N)nc34)C[C@@H]2N1C(=O)NCc1ccccc1.[Na+].[Na+]. The van der Waals surface area contributed by atoms with Gasteiger partial charge in [-0.05, 0) is 34.9 Å². The van der Waals surface area contributed by atoms with Gasteiger partial charge in [-0.25, -0.2) is 19.8 Å². The van der Waals surface area contributed by atoms with E-state index in [1.165, 1.54) is 45.5 Å². The molecule has 0 saturated carbocycles. The van der Waals surface area contributed by atoms with Crippen LogP contribution in [0.3, 0.4) is 0 Å². The van der Waals surface area contributed by atoms with E-state index in [4.69, 9.17) is 5.73 Å². The van der Waals surface area contributed by atoms with Crippen molar-refractivity contribution < 1.29 is 92.4 Å². The van der Waals surface area contributed by atoms with Crippen LogP contribution in [0, 0.1) is 0 Å². The molecule has 2 saturated heterocycles. The molecule has 0 spiro atoms. The van der Waals surface area contributed by atoms with E-state index in [-0.39, 0.29) is 116 Å². The van der Waals surface area contributed by atoms with E-state index in [0.717, 1.165) is 15.8 Å². The summed E-state index contributed by atoms with van der Waals surface area (Å²) in [5.74, 6) is -0.863. The second-order valence-electron chi connectivity index (χ2n) is 11.3. The number of phosphoric acid groups is 1. The number of hydrazine groups is 1. The Labute approximate surface area is 337 Å². The minimum Gasteiger partial charge on any atom is -0.780 e. The molecule has 2 aliphatic heterocycles. The Morgan fingerprint density at radius 1 is 1.06 bits per heavy atom. The molecule has 6 rings (SSSR count). The van der Waals surface area contributed by atoms with E-state index in [1.807, 2.05) is 48.5 Å². The summed E-state index contributed by atoms with van der Waals surface area (Å²) in [6, 6.07) is 19.2. The van der Waals surface area contributed by atoms with Crippen LogP contribution in [0.1, 0.15) is 16.7 Å². The fraction of sp³-hybridized carbons (Fsp3) is 0.250. The molecule has 1 unspecified atom stereocenters. The summed E-state index contributed by atoms with van der Waals surface area (Å²) < 4.78 is 16.4. The summed E-state index contributed by atoms with van der Waals surface area (Å²) >= 11 is 1.33. The first-order valence-corrected chi connectivity index (χ1v) is 17.3. The number of carbonyl (C=O) groups excluding carboxylic acids is 3. The minimum absolute atomic E-state index is 0. The number of anilines is 1. The molecule has 3 heterocycles. The first kappa shape index (κ1) is 40.0. The van der Waals surface area contributed by atoms with Crippen LogP contribution in [0.15, 0.2) is 85.5 Å². The first-order chi connectivity index (χ1) is 23.0. The number of piperazine rings is 1. The van der Waals surface area contributed by atoms with Crippen molar-refractivity contribution in [1.29, 1.82) is 0 Å². The van der Waals surface area contributed by atoms with Crippen LogP contribution in [-0.2, 0) is 33.7 Å². The van der Waals surface area contributed by atoms with Crippen LogP contribution in [0.4, 0.5) is 9.93 Å². The Hall–Kier alpha value is -2.79. The van der Waals surface area contributed by atoms with Gasteiger partial charge in [-0.2, -0.15) is 0 Å². The van der Waals surface area contributed by atoms with Crippen LogP contribution < -0.4 is 84.5 Å². The second-order valence-corrected chi connectivity index (χ2v) is 13.5. The van der Waals surface area contributed by atoms with Gasteiger partial charge in [0.25, 0.3) is 0 Å². The number of hydrogen-bond donors (Lipinski definition) is 2. The first-order valence-electron chi connectivity index (χ1n) is 15.0. The molecule has 4 aromatic rings. The third-order valence-corrected chi connectivity index (χ3v) is 9.40. The Morgan fingerprint density at radius 2 is 1.78 bits per heavy atom. The Balaban J connectivity index is 0.00000281. The minimum atomic E-state index is -5.27. The van der Waals surface area contributed by atoms with Crippen molar-refractivity contribution in [2.75, 3.05) is 25.4 Å². The molecule has 18 heteroatoms. The van der Waals surface area contributed by atoms with Gasteiger partial charge in [0, 0.05) is 26.1 Å². The van der Waals surface area contributed by atoms with Gasteiger partial charge >= 0.3 is 65.1 Å². The smallest absolute Gasteiger partial charge is 0.780 e. The molecule has 0 radical (unpaired) electrons. The quantitative estimate of drug-likeness (QED) is 0.0920. The summed E-state index contributed by atoms with van der Waals surface area (Å²) in [5, 5.41) is 6.44. The van der Waals surface area contributed by atoms with E-state index in [2.05, 4.69) is 21.4 Å². The standard InChI is InChI=1S/C32H34N7O7PS.2Na/c1-2-15-37-20-28(40)38-25(16-21-11-13-24(14-12-21)46-47(43,44)45)30(41)36(18-23-9-6-10-26-29(23)35-31(33)48-26)19-27(38)39(37)32(42)34-17-22-7-4-3-5-8-22;;/h2-14,25,27H,1,15-20H2,(H2,33,35)(H,34,42)(H2,43,44,45);;/q;2*+1/p-2/t25?,27-;;/m0../s1. The average Bonchev–Trinajstić information content (AvgIpc) is 3.44. The number of fused-ring (bicyclic) bond motifs is 2. The predicted octanol–water partition coefficient (Wildman–Crippen LogP) is -4.17. The van der Waals surface area contributed by atoms with Gasteiger partial charge in [0.15, 0.2) is 5.13 Å².